The molecule has 0 fully saturated rings. The summed E-state index contributed by atoms with van der Waals surface area (Å²) in [6, 6.07) is 7.56. The van der Waals surface area contributed by atoms with Crippen molar-refractivity contribution in [2.24, 2.45) is 0 Å². The zero-order valence-electron chi connectivity index (χ0n) is 12.0. The number of benzene rings is 1. The third-order valence-corrected chi connectivity index (χ3v) is 4.44. The fraction of sp³-hybridized carbons (Fsp3) is 0.267. The molecule has 0 radical (unpaired) electrons. The van der Waals surface area contributed by atoms with E-state index in [2.05, 4.69) is 5.32 Å². The lowest BCUT2D eigenvalue weighted by molar-refractivity contribution is -0.137. The van der Waals surface area contributed by atoms with Crippen molar-refractivity contribution in [3.63, 3.8) is 0 Å². The highest BCUT2D eigenvalue weighted by Gasteiger charge is 2.30. The molecule has 1 N–H and O–H groups in total. The number of carbonyl (C=O) groups is 1. The fourth-order valence-electron chi connectivity index (χ4n) is 1.90. The van der Waals surface area contributed by atoms with E-state index in [0.29, 0.717) is 4.34 Å². The van der Waals surface area contributed by atoms with Crippen LogP contribution in [0.5, 0.6) is 0 Å². The minimum atomic E-state index is -4.42. The number of hydrogen-bond acceptors (Lipinski definition) is 3. The van der Waals surface area contributed by atoms with Gasteiger partial charge in [-0.1, -0.05) is 11.6 Å². The lowest BCUT2D eigenvalue weighted by Gasteiger charge is -2.15. The van der Waals surface area contributed by atoms with E-state index in [1.165, 1.54) is 18.4 Å². The van der Waals surface area contributed by atoms with Crippen molar-refractivity contribution in [2.45, 2.75) is 12.3 Å². The van der Waals surface area contributed by atoms with Gasteiger partial charge in [0.05, 0.1) is 9.90 Å². The molecule has 1 aromatic carbocycles. The van der Waals surface area contributed by atoms with E-state index in [0.717, 1.165) is 29.1 Å². The molecule has 1 heterocycles. The molecule has 1 atom stereocenters. The van der Waals surface area contributed by atoms with Crippen molar-refractivity contribution in [3.8, 4) is 0 Å². The van der Waals surface area contributed by atoms with Gasteiger partial charge in [0.15, 0.2) is 0 Å². The van der Waals surface area contributed by atoms with Crippen LogP contribution in [0.2, 0.25) is 4.34 Å². The maximum Gasteiger partial charge on any atom is 0.416 e. The summed E-state index contributed by atoms with van der Waals surface area (Å²) in [7, 11) is 1.50. The highest BCUT2D eigenvalue weighted by atomic mass is 35.5. The number of amides is 1. The van der Waals surface area contributed by atoms with Crippen molar-refractivity contribution in [3.05, 3.63) is 56.7 Å². The minimum absolute atomic E-state index is 0.150. The molecule has 1 aromatic heterocycles. The molecule has 0 saturated heterocycles. The average Bonchev–Trinajstić information content (AvgIpc) is 2.93. The molecule has 2 aromatic rings. The highest BCUT2D eigenvalue weighted by Crippen LogP contribution is 2.29. The van der Waals surface area contributed by atoms with E-state index >= 15 is 0 Å². The first kappa shape index (κ1) is 17.8. The molecular weight excluding hydrogens is 351 g/mol. The summed E-state index contributed by atoms with van der Waals surface area (Å²) in [6.45, 7) is 0.188. The van der Waals surface area contributed by atoms with Crippen LogP contribution >= 0.6 is 22.9 Å². The molecule has 1 unspecified atom stereocenters. The van der Waals surface area contributed by atoms with Gasteiger partial charge < -0.3 is 10.1 Å². The number of alkyl halides is 3. The summed E-state index contributed by atoms with van der Waals surface area (Å²) in [5, 5.41) is 2.63. The van der Waals surface area contributed by atoms with Crippen molar-refractivity contribution in [1.29, 1.82) is 0 Å². The molecule has 0 aliphatic carbocycles. The normalized spacial score (nSPS) is 12.9. The Bertz CT molecular complexity index is 670. The van der Waals surface area contributed by atoms with Gasteiger partial charge in [0.25, 0.3) is 5.91 Å². The summed E-state index contributed by atoms with van der Waals surface area (Å²) < 4.78 is 43.3. The predicted octanol–water partition coefficient (Wildman–Crippen LogP) is 4.54. The topological polar surface area (TPSA) is 38.3 Å². The zero-order valence-corrected chi connectivity index (χ0v) is 13.6. The van der Waals surface area contributed by atoms with Crippen molar-refractivity contribution in [2.75, 3.05) is 13.7 Å². The number of ether oxygens (including phenoxy) is 1. The van der Waals surface area contributed by atoms with Gasteiger partial charge in [0.2, 0.25) is 0 Å². The smallest absolute Gasteiger partial charge is 0.374 e. The number of methoxy groups -OCH3 is 1. The second kappa shape index (κ2) is 7.33. The predicted molar refractivity (Wildman–Crippen MR) is 82.9 cm³/mol. The Hall–Kier alpha value is -1.57. The average molecular weight is 364 g/mol. The molecule has 0 spiro atoms. The SMILES string of the molecule is COC(CNC(=O)c1ccc(C(F)(F)F)cc1)c1ccc(Cl)s1. The van der Waals surface area contributed by atoms with Crippen LogP contribution in [0.4, 0.5) is 13.2 Å². The van der Waals surface area contributed by atoms with Crippen LogP contribution in [0, 0.1) is 0 Å². The van der Waals surface area contributed by atoms with E-state index < -0.39 is 17.6 Å². The van der Waals surface area contributed by atoms with Crippen LogP contribution in [0.1, 0.15) is 26.9 Å². The van der Waals surface area contributed by atoms with Crippen LogP contribution in [0.25, 0.3) is 0 Å². The monoisotopic (exact) mass is 363 g/mol. The Morgan fingerprint density at radius 2 is 1.91 bits per heavy atom. The van der Waals surface area contributed by atoms with Gasteiger partial charge in [-0.2, -0.15) is 13.2 Å². The summed E-state index contributed by atoms with van der Waals surface area (Å²) in [6.07, 6.45) is -4.79. The number of carbonyl (C=O) groups excluding carboxylic acids is 1. The van der Waals surface area contributed by atoms with Gasteiger partial charge >= 0.3 is 6.18 Å². The van der Waals surface area contributed by atoms with Crippen LogP contribution in [-0.4, -0.2) is 19.6 Å². The van der Waals surface area contributed by atoms with Crippen molar-refractivity contribution < 1.29 is 22.7 Å². The molecule has 0 aliphatic heterocycles. The van der Waals surface area contributed by atoms with Gasteiger partial charge in [0, 0.05) is 24.1 Å². The largest absolute Gasteiger partial charge is 0.416 e. The fourth-order valence-corrected chi connectivity index (χ4v) is 3.04. The lowest BCUT2D eigenvalue weighted by atomic mass is 10.1. The quantitative estimate of drug-likeness (QED) is 0.847. The molecule has 0 bridgehead atoms. The summed E-state index contributed by atoms with van der Waals surface area (Å²) in [5.74, 6) is -0.469. The van der Waals surface area contributed by atoms with E-state index in [4.69, 9.17) is 16.3 Å². The molecule has 3 nitrogen and oxygen atoms in total. The minimum Gasteiger partial charge on any atom is -0.374 e. The second-order valence-electron chi connectivity index (χ2n) is 4.65. The molecule has 124 valence electrons. The Balaban J connectivity index is 1.98. The zero-order chi connectivity index (χ0) is 17.0. The van der Waals surface area contributed by atoms with Crippen LogP contribution in [0.15, 0.2) is 36.4 Å². The summed E-state index contributed by atoms with van der Waals surface area (Å²) in [4.78, 5) is 12.8. The molecule has 2 rings (SSSR count). The molecule has 0 saturated carbocycles. The van der Waals surface area contributed by atoms with E-state index in [9.17, 15) is 18.0 Å². The molecule has 8 heteroatoms. The molecule has 1 amide bonds. The Morgan fingerprint density at radius 3 is 2.39 bits per heavy atom. The van der Waals surface area contributed by atoms with Gasteiger partial charge in [-0.05, 0) is 36.4 Å². The number of halogens is 4. The number of nitrogens with one attached hydrogen (secondary N) is 1. The number of hydrogen-bond donors (Lipinski definition) is 1. The van der Waals surface area contributed by atoms with Crippen molar-refractivity contribution >= 4 is 28.8 Å². The Labute approximate surface area is 140 Å². The molecule has 0 aliphatic rings. The molecular formula is C15H13ClF3NO2S. The standard InChI is InChI=1S/C15H13ClF3NO2S/c1-22-11(12-6-7-13(16)23-12)8-20-14(21)9-2-4-10(5-3-9)15(17,18)19/h2-7,11H,8H2,1H3,(H,20,21). The second-order valence-corrected chi connectivity index (χ2v) is 6.40. The van der Waals surface area contributed by atoms with E-state index in [1.54, 1.807) is 12.1 Å². The highest BCUT2D eigenvalue weighted by molar-refractivity contribution is 7.16. The Kier molecular flexibility index (Phi) is 5.67. The van der Waals surface area contributed by atoms with Gasteiger partial charge in [-0.3, -0.25) is 4.79 Å². The third kappa shape index (κ3) is 4.70. The summed E-state index contributed by atoms with van der Waals surface area (Å²) >= 11 is 7.19. The first-order chi connectivity index (χ1) is 10.8. The lowest BCUT2D eigenvalue weighted by Crippen LogP contribution is -2.28. The third-order valence-electron chi connectivity index (χ3n) is 3.12. The maximum atomic E-state index is 12.5. The number of thiophene rings is 1. The molecule has 23 heavy (non-hydrogen) atoms. The maximum absolute atomic E-state index is 12.5. The van der Waals surface area contributed by atoms with Gasteiger partial charge in [-0.15, -0.1) is 11.3 Å². The van der Waals surface area contributed by atoms with Crippen molar-refractivity contribution in [1.82, 2.24) is 5.32 Å². The van der Waals surface area contributed by atoms with E-state index in [1.807, 2.05) is 0 Å². The van der Waals surface area contributed by atoms with Crippen LogP contribution < -0.4 is 5.32 Å². The first-order valence-corrected chi connectivity index (χ1v) is 7.74. The van der Waals surface area contributed by atoms with E-state index in [-0.39, 0.29) is 18.2 Å². The van der Waals surface area contributed by atoms with Gasteiger partial charge in [0.1, 0.15) is 6.10 Å². The summed E-state index contributed by atoms with van der Waals surface area (Å²) in [5.41, 5.74) is -0.644. The van der Waals surface area contributed by atoms with Gasteiger partial charge in [-0.25, -0.2) is 0 Å². The Morgan fingerprint density at radius 1 is 1.26 bits per heavy atom. The number of rotatable bonds is 5. The first-order valence-electron chi connectivity index (χ1n) is 6.54. The van der Waals surface area contributed by atoms with Crippen LogP contribution in [-0.2, 0) is 10.9 Å². The van der Waals surface area contributed by atoms with Crippen LogP contribution in [0.3, 0.4) is 0 Å².